The Labute approximate surface area is 129 Å². The lowest BCUT2D eigenvalue weighted by Gasteiger charge is -2.42. The number of rotatable bonds is 6. The maximum absolute atomic E-state index is 11.0. The third-order valence-electron chi connectivity index (χ3n) is 4.86. The van der Waals surface area contributed by atoms with Gasteiger partial charge in [-0.3, -0.25) is 0 Å². The number of benzene rings is 1. The standard InChI is InChI=1S/C19H30O2/c1-4-7-16-8-6-9-17(14-16)18(20)19(21-5-2)12-10-15(3)11-13-19/h6,8-9,14-15,18,20H,4-5,7,10-13H2,1-3H3. The molecule has 2 rings (SSSR count). The number of ether oxygens (including phenoxy) is 1. The fourth-order valence-electron chi connectivity index (χ4n) is 3.55. The molecule has 0 spiro atoms. The van der Waals surface area contributed by atoms with E-state index in [9.17, 15) is 5.11 Å². The van der Waals surface area contributed by atoms with Gasteiger partial charge >= 0.3 is 0 Å². The molecule has 0 amide bonds. The van der Waals surface area contributed by atoms with Crippen LogP contribution in [0.25, 0.3) is 0 Å². The molecule has 1 saturated carbocycles. The van der Waals surface area contributed by atoms with Crippen molar-refractivity contribution < 1.29 is 9.84 Å². The summed E-state index contributed by atoms with van der Waals surface area (Å²) in [6.45, 7) is 7.18. The predicted octanol–water partition coefficient (Wildman–Crippen LogP) is 4.66. The second kappa shape index (κ2) is 7.42. The molecule has 1 fully saturated rings. The maximum atomic E-state index is 11.0. The van der Waals surface area contributed by atoms with E-state index in [2.05, 4.69) is 32.0 Å². The van der Waals surface area contributed by atoms with E-state index in [0.717, 1.165) is 50.0 Å². The number of aryl methyl sites for hydroxylation is 1. The monoisotopic (exact) mass is 290 g/mol. The topological polar surface area (TPSA) is 29.5 Å². The fraction of sp³-hybridized carbons (Fsp3) is 0.684. The molecule has 0 bridgehead atoms. The van der Waals surface area contributed by atoms with E-state index in [0.29, 0.717) is 6.61 Å². The van der Waals surface area contributed by atoms with Crippen LogP contribution < -0.4 is 0 Å². The van der Waals surface area contributed by atoms with Gasteiger partial charge in [0, 0.05) is 6.61 Å². The van der Waals surface area contributed by atoms with Crippen LogP contribution in [0.4, 0.5) is 0 Å². The molecule has 1 unspecified atom stereocenters. The quantitative estimate of drug-likeness (QED) is 0.825. The summed E-state index contributed by atoms with van der Waals surface area (Å²) in [5, 5.41) is 11.0. The Balaban J connectivity index is 2.21. The first-order valence-electron chi connectivity index (χ1n) is 8.52. The van der Waals surface area contributed by atoms with Gasteiger partial charge < -0.3 is 9.84 Å². The molecule has 1 N–H and O–H groups in total. The number of aliphatic hydroxyl groups is 1. The summed E-state index contributed by atoms with van der Waals surface area (Å²) in [5.74, 6) is 0.747. The lowest BCUT2D eigenvalue weighted by molar-refractivity contribution is -0.146. The van der Waals surface area contributed by atoms with Crippen LogP contribution in [0.3, 0.4) is 0 Å². The summed E-state index contributed by atoms with van der Waals surface area (Å²) >= 11 is 0. The van der Waals surface area contributed by atoms with E-state index < -0.39 is 6.10 Å². The maximum Gasteiger partial charge on any atom is 0.108 e. The molecule has 21 heavy (non-hydrogen) atoms. The van der Waals surface area contributed by atoms with Crippen LogP contribution in [0, 0.1) is 5.92 Å². The molecular weight excluding hydrogens is 260 g/mol. The predicted molar refractivity (Wildman–Crippen MR) is 87.4 cm³/mol. The van der Waals surface area contributed by atoms with Gasteiger partial charge in [-0.05, 0) is 56.1 Å². The van der Waals surface area contributed by atoms with Crippen molar-refractivity contribution in [2.75, 3.05) is 6.61 Å². The number of hydrogen-bond donors (Lipinski definition) is 1. The Hall–Kier alpha value is -0.860. The highest BCUT2D eigenvalue weighted by molar-refractivity contribution is 5.27. The van der Waals surface area contributed by atoms with Crippen molar-refractivity contribution in [3.05, 3.63) is 35.4 Å². The third-order valence-corrected chi connectivity index (χ3v) is 4.86. The second-order valence-corrected chi connectivity index (χ2v) is 6.58. The second-order valence-electron chi connectivity index (χ2n) is 6.58. The third kappa shape index (κ3) is 3.87. The van der Waals surface area contributed by atoms with Crippen LogP contribution in [0.15, 0.2) is 24.3 Å². The minimum Gasteiger partial charge on any atom is -0.385 e. The van der Waals surface area contributed by atoms with E-state index in [-0.39, 0.29) is 5.60 Å². The van der Waals surface area contributed by atoms with Crippen molar-refractivity contribution in [3.8, 4) is 0 Å². The molecule has 0 aliphatic heterocycles. The highest BCUT2D eigenvalue weighted by Crippen LogP contribution is 2.43. The van der Waals surface area contributed by atoms with Gasteiger partial charge in [-0.25, -0.2) is 0 Å². The van der Waals surface area contributed by atoms with E-state index >= 15 is 0 Å². The molecule has 1 aliphatic rings. The highest BCUT2D eigenvalue weighted by Gasteiger charge is 2.42. The van der Waals surface area contributed by atoms with Crippen LogP contribution in [0.1, 0.15) is 70.1 Å². The first-order valence-corrected chi connectivity index (χ1v) is 8.52. The van der Waals surface area contributed by atoms with Gasteiger partial charge in [-0.1, -0.05) is 44.5 Å². The van der Waals surface area contributed by atoms with Crippen molar-refractivity contribution in [2.45, 2.75) is 71.0 Å². The molecule has 0 saturated heterocycles. The Kier molecular flexibility index (Phi) is 5.83. The molecule has 118 valence electrons. The van der Waals surface area contributed by atoms with Crippen molar-refractivity contribution >= 4 is 0 Å². The van der Waals surface area contributed by atoms with Crippen LogP contribution in [-0.4, -0.2) is 17.3 Å². The van der Waals surface area contributed by atoms with Crippen LogP contribution in [-0.2, 0) is 11.2 Å². The lowest BCUT2D eigenvalue weighted by Crippen LogP contribution is -2.42. The van der Waals surface area contributed by atoms with Crippen LogP contribution >= 0.6 is 0 Å². The van der Waals surface area contributed by atoms with Crippen LogP contribution in [0.5, 0.6) is 0 Å². The summed E-state index contributed by atoms with van der Waals surface area (Å²) in [6.07, 6.45) is 5.90. The number of hydrogen-bond acceptors (Lipinski definition) is 2. The number of aliphatic hydroxyl groups excluding tert-OH is 1. The first-order chi connectivity index (χ1) is 10.1. The summed E-state index contributed by atoms with van der Waals surface area (Å²) in [5.41, 5.74) is 1.94. The average molecular weight is 290 g/mol. The van der Waals surface area contributed by atoms with Crippen molar-refractivity contribution in [3.63, 3.8) is 0 Å². The van der Waals surface area contributed by atoms with E-state index in [1.54, 1.807) is 0 Å². The zero-order valence-corrected chi connectivity index (χ0v) is 13.8. The normalized spacial score (nSPS) is 27.5. The SMILES string of the molecule is CCCc1cccc(C(O)C2(OCC)CCC(C)CC2)c1. The van der Waals surface area contributed by atoms with Crippen LogP contribution in [0.2, 0.25) is 0 Å². The largest absolute Gasteiger partial charge is 0.385 e. The molecule has 1 aromatic carbocycles. The fourth-order valence-corrected chi connectivity index (χ4v) is 3.55. The molecule has 0 heterocycles. The Morgan fingerprint density at radius 1 is 1.29 bits per heavy atom. The van der Waals surface area contributed by atoms with E-state index in [1.165, 1.54) is 5.56 Å². The average Bonchev–Trinajstić information content (AvgIpc) is 2.50. The van der Waals surface area contributed by atoms with Gasteiger partial charge in [0.2, 0.25) is 0 Å². The summed E-state index contributed by atoms with van der Waals surface area (Å²) in [6, 6.07) is 8.42. The van der Waals surface area contributed by atoms with Crippen molar-refractivity contribution in [2.24, 2.45) is 5.92 Å². The summed E-state index contributed by atoms with van der Waals surface area (Å²) in [7, 11) is 0. The Bertz CT molecular complexity index is 433. The molecule has 2 nitrogen and oxygen atoms in total. The van der Waals surface area contributed by atoms with Crippen molar-refractivity contribution in [1.82, 2.24) is 0 Å². The van der Waals surface area contributed by atoms with Gasteiger partial charge in [-0.15, -0.1) is 0 Å². The smallest absolute Gasteiger partial charge is 0.108 e. The van der Waals surface area contributed by atoms with E-state index in [4.69, 9.17) is 4.74 Å². The first kappa shape index (κ1) is 16.5. The van der Waals surface area contributed by atoms with Gasteiger partial charge in [0.25, 0.3) is 0 Å². The molecule has 1 aromatic rings. The molecular formula is C19H30O2. The molecule has 2 heteroatoms. The zero-order chi connectivity index (χ0) is 15.3. The van der Waals surface area contributed by atoms with Gasteiger partial charge in [0.15, 0.2) is 0 Å². The van der Waals surface area contributed by atoms with Gasteiger partial charge in [-0.2, -0.15) is 0 Å². The van der Waals surface area contributed by atoms with Gasteiger partial charge in [0.1, 0.15) is 6.10 Å². The highest BCUT2D eigenvalue weighted by atomic mass is 16.5. The van der Waals surface area contributed by atoms with E-state index in [1.807, 2.05) is 13.0 Å². The minimum atomic E-state index is -0.512. The van der Waals surface area contributed by atoms with Crippen molar-refractivity contribution in [1.29, 1.82) is 0 Å². The minimum absolute atomic E-state index is 0.383. The molecule has 0 radical (unpaired) electrons. The Morgan fingerprint density at radius 2 is 2.00 bits per heavy atom. The summed E-state index contributed by atoms with van der Waals surface area (Å²) in [4.78, 5) is 0. The zero-order valence-electron chi connectivity index (χ0n) is 13.8. The van der Waals surface area contributed by atoms with Gasteiger partial charge in [0.05, 0.1) is 5.60 Å². The molecule has 1 atom stereocenters. The lowest BCUT2D eigenvalue weighted by atomic mass is 9.74. The Morgan fingerprint density at radius 3 is 2.62 bits per heavy atom. The molecule has 0 aromatic heterocycles. The molecule has 1 aliphatic carbocycles. The summed E-state index contributed by atoms with van der Waals surface area (Å²) < 4.78 is 6.08.